The molecule has 0 amide bonds. The Bertz CT molecular complexity index is 1170. The second kappa shape index (κ2) is 6.37. The molecule has 3 aromatic rings. The fraction of sp³-hybridized carbons (Fsp3) is 0.312. The van der Waals surface area contributed by atoms with Gasteiger partial charge in [-0.1, -0.05) is 29.3 Å². The molecule has 1 fully saturated rings. The van der Waals surface area contributed by atoms with Crippen LogP contribution in [0.1, 0.15) is 18.0 Å². The Morgan fingerprint density at radius 1 is 1.23 bits per heavy atom. The Morgan fingerprint density at radius 3 is 2.73 bits per heavy atom. The van der Waals surface area contributed by atoms with Crippen LogP contribution in [0.5, 0.6) is 0 Å². The van der Waals surface area contributed by atoms with Gasteiger partial charge in [0.25, 0.3) is 5.56 Å². The maximum absolute atomic E-state index is 12.7. The van der Waals surface area contributed by atoms with E-state index in [9.17, 15) is 13.2 Å². The van der Waals surface area contributed by atoms with Crippen LogP contribution in [-0.4, -0.2) is 39.3 Å². The molecule has 3 heterocycles. The van der Waals surface area contributed by atoms with Crippen molar-refractivity contribution in [3.8, 4) is 0 Å². The van der Waals surface area contributed by atoms with Crippen molar-refractivity contribution in [3.05, 3.63) is 56.7 Å². The van der Waals surface area contributed by atoms with Gasteiger partial charge in [-0.25, -0.2) is 18.1 Å². The average Bonchev–Trinajstić information content (AvgIpc) is 3.17. The van der Waals surface area contributed by atoms with Crippen molar-refractivity contribution in [2.24, 2.45) is 0 Å². The molecule has 1 aliphatic rings. The molecule has 7 nitrogen and oxygen atoms in total. The monoisotopic (exact) mass is 412 g/mol. The molecular formula is C16H14Cl2N4O3S. The first-order valence-electron chi connectivity index (χ1n) is 7.91. The first kappa shape index (κ1) is 17.5. The first-order valence-corrected chi connectivity index (χ1v) is 10.5. The van der Waals surface area contributed by atoms with Crippen LogP contribution < -0.4 is 5.56 Å². The molecule has 10 heteroatoms. The van der Waals surface area contributed by atoms with Gasteiger partial charge >= 0.3 is 0 Å². The number of aromatic nitrogens is 4. The number of hydrogen-bond acceptors (Lipinski definition) is 5. The van der Waals surface area contributed by atoms with Gasteiger partial charge in [0.1, 0.15) is 11.7 Å². The largest absolute Gasteiger partial charge is 0.294 e. The second-order valence-electron chi connectivity index (χ2n) is 6.31. The molecule has 26 heavy (non-hydrogen) atoms. The summed E-state index contributed by atoms with van der Waals surface area (Å²) in [7, 11) is -3.05. The van der Waals surface area contributed by atoms with Gasteiger partial charge in [-0.3, -0.25) is 9.36 Å². The molecule has 2 aromatic heterocycles. The van der Waals surface area contributed by atoms with E-state index < -0.39 is 9.84 Å². The van der Waals surface area contributed by atoms with Gasteiger partial charge in [-0.15, -0.1) is 0 Å². The first-order chi connectivity index (χ1) is 12.3. The lowest BCUT2D eigenvalue weighted by Gasteiger charge is -2.10. The molecule has 4 rings (SSSR count). The maximum atomic E-state index is 12.7. The van der Waals surface area contributed by atoms with Gasteiger partial charge in [0.05, 0.1) is 40.3 Å². The van der Waals surface area contributed by atoms with Crippen molar-refractivity contribution < 1.29 is 8.42 Å². The smallest absolute Gasteiger partial charge is 0.264 e. The molecular weight excluding hydrogens is 399 g/mol. The summed E-state index contributed by atoms with van der Waals surface area (Å²) in [5.74, 6) is 0.158. The Morgan fingerprint density at radius 2 is 2.04 bits per heavy atom. The molecule has 1 aromatic carbocycles. The van der Waals surface area contributed by atoms with Gasteiger partial charge in [-0.2, -0.15) is 5.10 Å². The molecule has 0 N–H and O–H groups in total. The lowest BCUT2D eigenvalue weighted by Crippen LogP contribution is -2.21. The Kier molecular flexibility index (Phi) is 4.29. The third-order valence-electron chi connectivity index (χ3n) is 4.47. The third-order valence-corrected chi connectivity index (χ3v) is 6.96. The molecule has 0 spiro atoms. The van der Waals surface area contributed by atoms with E-state index in [1.807, 2.05) is 0 Å². The summed E-state index contributed by atoms with van der Waals surface area (Å²) in [4.78, 5) is 17.1. The molecule has 1 atom stereocenters. The Balaban J connectivity index is 1.70. The number of benzene rings is 1. The summed E-state index contributed by atoms with van der Waals surface area (Å²) < 4.78 is 26.4. The van der Waals surface area contributed by atoms with E-state index in [1.165, 1.54) is 17.1 Å². The molecule has 1 saturated heterocycles. The summed E-state index contributed by atoms with van der Waals surface area (Å²) in [6.45, 7) is 0.293. The normalized spacial score (nSPS) is 19.2. The fourth-order valence-corrected chi connectivity index (χ4v) is 5.16. The van der Waals surface area contributed by atoms with Crippen molar-refractivity contribution >= 4 is 44.1 Å². The quantitative estimate of drug-likeness (QED) is 0.658. The van der Waals surface area contributed by atoms with Crippen molar-refractivity contribution in [1.29, 1.82) is 0 Å². The highest BCUT2D eigenvalue weighted by molar-refractivity contribution is 7.91. The lowest BCUT2D eigenvalue weighted by molar-refractivity contribution is 0.511. The zero-order valence-electron chi connectivity index (χ0n) is 13.5. The summed E-state index contributed by atoms with van der Waals surface area (Å²) in [5.41, 5.74) is 0.979. The molecule has 0 unspecified atom stereocenters. The van der Waals surface area contributed by atoms with E-state index in [0.29, 0.717) is 34.0 Å². The summed E-state index contributed by atoms with van der Waals surface area (Å²) in [6, 6.07) is 4.88. The predicted octanol–water partition coefficient (Wildman–Crippen LogP) is 2.31. The Hall–Kier alpha value is -1.90. The van der Waals surface area contributed by atoms with Crippen LogP contribution >= 0.6 is 23.2 Å². The van der Waals surface area contributed by atoms with Gasteiger partial charge in [0, 0.05) is 0 Å². The number of nitrogens with zero attached hydrogens (tertiary/aromatic N) is 4. The Labute approximate surface area is 159 Å². The highest BCUT2D eigenvalue weighted by atomic mass is 35.5. The number of halogens is 2. The third kappa shape index (κ3) is 3.13. The minimum Gasteiger partial charge on any atom is -0.294 e. The fourth-order valence-electron chi connectivity index (χ4n) is 3.15. The summed E-state index contributed by atoms with van der Waals surface area (Å²) >= 11 is 11.9. The summed E-state index contributed by atoms with van der Waals surface area (Å²) in [5, 5.41) is 5.44. The zero-order valence-corrected chi connectivity index (χ0v) is 15.8. The molecule has 1 aliphatic heterocycles. The maximum Gasteiger partial charge on any atom is 0.264 e. The highest BCUT2D eigenvalue weighted by Gasteiger charge is 2.31. The van der Waals surface area contributed by atoms with Crippen LogP contribution in [0.15, 0.2) is 35.5 Å². The summed E-state index contributed by atoms with van der Waals surface area (Å²) in [6.07, 6.45) is 3.36. The number of fused-ring (bicyclic) bond motifs is 1. The van der Waals surface area contributed by atoms with E-state index in [0.717, 1.165) is 5.56 Å². The molecule has 0 radical (unpaired) electrons. The molecule has 0 saturated carbocycles. The van der Waals surface area contributed by atoms with Gasteiger partial charge in [0.2, 0.25) is 0 Å². The van der Waals surface area contributed by atoms with Crippen molar-refractivity contribution in [3.63, 3.8) is 0 Å². The molecule has 0 aliphatic carbocycles. The minimum atomic E-state index is -3.05. The van der Waals surface area contributed by atoms with E-state index in [4.69, 9.17) is 23.2 Å². The lowest BCUT2D eigenvalue weighted by atomic mass is 10.2. The van der Waals surface area contributed by atoms with Crippen LogP contribution in [0.2, 0.25) is 10.0 Å². The topological polar surface area (TPSA) is 86.8 Å². The van der Waals surface area contributed by atoms with Gasteiger partial charge < -0.3 is 0 Å². The van der Waals surface area contributed by atoms with E-state index in [1.54, 1.807) is 22.9 Å². The SMILES string of the molecule is O=c1c2cnn([C@H]3CCS(=O)(=O)C3)c2ncn1Cc1ccc(Cl)c(Cl)c1. The second-order valence-corrected chi connectivity index (χ2v) is 9.35. The average molecular weight is 413 g/mol. The van der Waals surface area contributed by atoms with Gasteiger partial charge in [0.15, 0.2) is 15.5 Å². The standard InChI is InChI=1S/C16H14Cl2N4O3S/c17-13-2-1-10(5-14(13)18)7-21-9-19-15-12(16(21)23)6-20-22(15)11-3-4-26(24,25)8-11/h1-2,5-6,9,11H,3-4,7-8H2/t11-/m0/s1. The number of sulfone groups is 1. The van der Waals surface area contributed by atoms with Crippen LogP contribution in [0, 0.1) is 0 Å². The van der Waals surface area contributed by atoms with E-state index in [2.05, 4.69) is 10.1 Å². The van der Waals surface area contributed by atoms with Crippen LogP contribution in [0.25, 0.3) is 11.0 Å². The van der Waals surface area contributed by atoms with Crippen LogP contribution in [0.3, 0.4) is 0 Å². The number of hydrogen-bond donors (Lipinski definition) is 0. The van der Waals surface area contributed by atoms with E-state index >= 15 is 0 Å². The molecule has 0 bridgehead atoms. The van der Waals surface area contributed by atoms with Crippen LogP contribution in [-0.2, 0) is 16.4 Å². The molecule has 136 valence electrons. The predicted molar refractivity (Wildman–Crippen MR) is 99.7 cm³/mol. The van der Waals surface area contributed by atoms with Crippen molar-refractivity contribution in [2.45, 2.75) is 19.0 Å². The van der Waals surface area contributed by atoms with Crippen LogP contribution in [0.4, 0.5) is 0 Å². The number of rotatable bonds is 3. The van der Waals surface area contributed by atoms with Crippen molar-refractivity contribution in [2.75, 3.05) is 11.5 Å². The highest BCUT2D eigenvalue weighted by Crippen LogP contribution is 2.25. The minimum absolute atomic E-state index is 0.0256. The van der Waals surface area contributed by atoms with E-state index in [-0.39, 0.29) is 23.1 Å². The zero-order chi connectivity index (χ0) is 18.5. The van der Waals surface area contributed by atoms with Crippen molar-refractivity contribution in [1.82, 2.24) is 19.3 Å². The van der Waals surface area contributed by atoms with Gasteiger partial charge in [-0.05, 0) is 24.1 Å².